The lowest BCUT2D eigenvalue weighted by Gasteiger charge is -2.10. The number of nitrogens with one attached hydrogen (secondary N) is 2. The number of anilines is 2. The first-order valence-electron chi connectivity index (χ1n) is 9.68. The molecular weight excluding hydrogens is 568 g/mol. The minimum Gasteiger partial charge on any atom is -0.326 e. The van der Waals surface area contributed by atoms with Crippen LogP contribution < -0.4 is 10.6 Å². The highest BCUT2D eigenvalue weighted by Gasteiger charge is 2.67. The van der Waals surface area contributed by atoms with Crippen LogP contribution in [-0.2, 0) is 4.79 Å². The maximum Gasteiger partial charge on any atom is 0.257 e. The lowest BCUT2D eigenvalue weighted by atomic mass is 10.1. The summed E-state index contributed by atoms with van der Waals surface area (Å²) in [5.74, 6) is -2.82. The number of amides is 2. The number of carbonyl (C=O) groups is 2. The molecule has 0 heterocycles. The summed E-state index contributed by atoms with van der Waals surface area (Å²) in [5.41, 5.74) is 1.36. The fraction of sp³-hybridized carbons (Fsp3) is 0.130. The molecule has 0 spiro atoms. The predicted molar refractivity (Wildman–Crippen MR) is 137 cm³/mol. The minimum atomic E-state index is -1.39. The lowest BCUT2D eigenvalue weighted by molar-refractivity contribution is -0.117. The number of benzene rings is 3. The zero-order valence-electron chi connectivity index (χ0n) is 16.8. The Kier molecular flexibility index (Phi) is 7.26. The second-order valence-corrected chi connectivity index (χ2v) is 10.6. The Morgan fingerprint density at radius 1 is 0.794 bits per heavy atom. The molecule has 11 heteroatoms. The van der Waals surface area contributed by atoms with Crippen LogP contribution in [0.1, 0.15) is 21.8 Å². The first kappa shape index (κ1) is 25.4. The van der Waals surface area contributed by atoms with Crippen LogP contribution in [0.2, 0.25) is 20.1 Å². The highest BCUT2D eigenvalue weighted by atomic mass is 35.5. The van der Waals surface area contributed by atoms with E-state index in [2.05, 4.69) is 10.6 Å². The average molecular weight is 581 g/mol. The number of carbonyl (C=O) groups excluding carboxylic acids is 2. The van der Waals surface area contributed by atoms with Gasteiger partial charge in [-0.1, -0.05) is 46.4 Å². The van der Waals surface area contributed by atoms with E-state index in [0.29, 0.717) is 16.9 Å². The molecule has 176 valence electrons. The van der Waals surface area contributed by atoms with Gasteiger partial charge in [0.05, 0.1) is 31.6 Å². The monoisotopic (exact) mass is 578 g/mol. The topological polar surface area (TPSA) is 58.2 Å². The quantitative estimate of drug-likeness (QED) is 0.236. The molecule has 1 aliphatic carbocycles. The lowest BCUT2D eigenvalue weighted by Crippen LogP contribution is -2.18. The highest BCUT2D eigenvalue weighted by molar-refractivity contribution is 6.54. The predicted octanol–water partition coefficient (Wildman–Crippen LogP) is 8.22. The Bertz CT molecular complexity index is 1280. The van der Waals surface area contributed by atoms with Crippen LogP contribution in [0.25, 0.3) is 0 Å². The molecule has 2 unspecified atom stereocenters. The molecule has 1 fully saturated rings. The van der Waals surface area contributed by atoms with Gasteiger partial charge in [-0.3, -0.25) is 9.59 Å². The van der Waals surface area contributed by atoms with Crippen LogP contribution in [-0.4, -0.2) is 16.1 Å². The summed E-state index contributed by atoms with van der Waals surface area (Å²) in [6.45, 7) is 0. The van der Waals surface area contributed by atoms with Gasteiger partial charge >= 0.3 is 0 Å². The van der Waals surface area contributed by atoms with Crippen molar-refractivity contribution in [2.75, 3.05) is 10.6 Å². The normalized spacial score (nSPS) is 18.3. The van der Waals surface area contributed by atoms with Gasteiger partial charge in [0, 0.05) is 17.3 Å². The molecule has 0 saturated heterocycles. The van der Waals surface area contributed by atoms with Crippen LogP contribution in [0.4, 0.5) is 15.8 Å². The highest BCUT2D eigenvalue weighted by Crippen LogP contribution is 2.65. The molecule has 4 rings (SSSR count). The number of hydrogen-bond donors (Lipinski definition) is 2. The van der Waals surface area contributed by atoms with Crippen LogP contribution in [0.5, 0.6) is 0 Å². The minimum absolute atomic E-state index is 0.107. The molecule has 0 aromatic heterocycles. The van der Waals surface area contributed by atoms with Gasteiger partial charge in [-0.25, -0.2) is 4.39 Å². The Morgan fingerprint density at radius 2 is 1.38 bits per heavy atom. The van der Waals surface area contributed by atoms with Crippen LogP contribution >= 0.6 is 69.6 Å². The van der Waals surface area contributed by atoms with Gasteiger partial charge in [0.2, 0.25) is 5.91 Å². The zero-order chi connectivity index (χ0) is 24.8. The van der Waals surface area contributed by atoms with Gasteiger partial charge < -0.3 is 10.6 Å². The van der Waals surface area contributed by atoms with Crippen molar-refractivity contribution in [3.05, 3.63) is 91.6 Å². The number of hydrogen-bond acceptors (Lipinski definition) is 2. The van der Waals surface area contributed by atoms with E-state index in [1.54, 1.807) is 12.1 Å². The van der Waals surface area contributed by atoms with Gasteiger partial charge in [0.25, 0.3) is 5.91 Å². The first-order valence-corrected chi connectivity index (χ1v) is 12.0. The summed E-state index contributed by atoms with van der Waals surface area (Å²) < 4.78 is 11.7. The van der Waals surface area contributed by atoms with E-state index in [9.17, 15) is 14.0 Å². The summed E-state index contributed by atoms with van der Waals surface area (Å²) >= 11 is 37.2. The van der Waals surface area contributed by atoms with Crippen molar-refractivity contribution in [1.82, 2.24) is 0 Å². The Morgan fingerprint density at radius 3 is 2.00 bits per heavy atom. The summed E-state index contributed by atoms with van der Waals surface area (Å²) in [6.07, 6.45) is 0. The molecule has 3 aromatic carbocycles. The third kappa shape index (κ3) is 5.11. The van der Waals surface area contributed by atoms with E-state index in [1.165, 1.54) is 42.5 Å². The standard InChI is InChI=1S/C23H13Cl6FN2O2/c24-15-6-5-13(9-14(15)21(33)31-12-3-1-11(30)2-4-12)32-22(34)19-18(23(19,28)29)10-7-16(25)20(27)17(26)8-10/h1-9,18-19H,(H,31,33)(H,32,34). The molecule has 0 bridgehead atoms. The average Bonchev–Trinajstić information content (AvgIpc) is 3.36. The number of halogens is 7. The second kappa shape index (κ2) is 9.73. The van der Waals surface area contributed by atoms with Crippen molar-refractivity contribution in [2.24, 2.45) is 5.92 Å². The molecule has 0 radical (unpaired) electrons. The van der Waals surface area contributed by atoms with Crippen molar-refractivity contribution in [3.8, 4) is 0 Å². The Hall–Kier alpha value is -1.73. The van der Waals surface area contributed by atoms with Crippen LogP contribution in [0.15, 0.2) is 54.6 Å². The summed E-state index contributed by atoms with van der Waals surface area (Å²) in [7, 11) is 0. The molecule has 34 heavy (non-hydrogen) atoms. The van der Waals surface area contributed by atoms with Crippen molar-refractivity contribution in [2.45, 2.75) is 10.3 Å². The van der Waals surface area contributed by atoms with Gasteiger partial charge in [0.15, 0.2) is 0 Å². The molecule has 1 saturated carbocycles. The maximum absolute atomic E-state index is 13.1. The van der Waals surface area contributed by atoms with Crippen LogP contribution in [0.3, 0.4) is 0 Å². The fourth-order valence-electron chi connectivity index (χ4n) is 3.55. The number of rotatable bonds is 5. The molecular formula is C23H13Cl6FN2O2. The van der Waals surface area contributed by atoms with E-state index in [0.717, 1.165) is 0 Å². The molecule has 2 N–H and O–H groups in total. The molecule has 3 aromatic rings. The van der Waals surface area contributed by atoms with E-state index in [-0.39, 0.29) is 25.7 Å². The van der Waals surface area contributed by atoms with Crippen molar-refractivity contribution in [3.63, 3.8) is 0 Å². The fourth-order valence-corrected chi connectivity index (χ4v) is 5.20. The van der Waals surface area contributed by atoms with E-state index in [4.69, 9.17) is 69.6 Å². The third-order valence-electron chi connectivity index (χ3n) is 5.28. The van der Waals surface area contributed by atoms with E-state index < -0.39 is 33.8 Å². The molecule has 0 aliphatic heterocycles. The molecule has 1 aliphatic rings. The summed E-state index contributed by atoms with van der Waals surface area (Å²) in [6, 6.07) is 12.8. The number of alkyl halides is 2. The van der Waals surface area contributed by atoms with E-state index >= 15 is 0 Å². The third-order valence-corrected chi connectivity index (χ3v) is 7.75. The van der Waals surface area contributed by atoms with E-state index in [1.807, 2.05) is 0 Å². The SMILES string of the molecule is O=C(Nc1ccc(F)cc1)c1cc(NC(=O)C2C(c3cc(Cl)c(Cl)c(Cl)c3)C2(Cl)Cl)ccc1Cl. The molecule has 4 nitrogen and oxygen atoms in total. The second-order valence-electron chi connectivity index (χ2n) is 7.57. The first-order chi connectivity index (χ1) is 16.0. The smallest absolute Gasteiger partial charge is 0.257 e. The molecule has 2 atom stereocenters. The Labute approximate surface area is 224 Å². The van der Waals surface area contributed by atoms with Crippen molar-refractivity contribution >= 4 is 92.8 Å². The van der Waals surface area contributed by atoms with Crippen LogP contribution in [0, 0.1) is 11.7 Å². The Balaban J connectivity index is 1.51. The van der Waals surface area contributed by atoms with Gasteiger partial charge in [-0.2, -0.15) is 0 Å². The van der Waals surface area contributed by atoms with Gasteiger partial charge in [0.1, 0.15) is 10.2 Å². The van der Waals surface area contributed by atoms with Gasteiger partial charge in [-0.05, 0) is 60.2 Å². The van der Waals surface area contributed by atoms with Crippen molar-refractivity contribution < 1.29 is 14.0 Å². The summed E-state index contributed by atoms with van der Waals surface area (Å²) in [4.78, 5) is 25.6. The maximum atomic E-state index is 13.1. The van der Waals surface area contributed by atoms with Crippen molar-refractivity contribution in [1.29, 1.82) is 0 Å². The zero-order valence-corrected chi connectivity index (χ0v) is 21.3. The molecule has 2 amide bonds. The summed E-state index contributed by atoms with van der Waals surface area (Å²) in [5, 5.41) is 6.11. The largest absolute Gasteiger partial charge is 0.326 e. The van der Waals surface area contributed by atoms with Gasteiger partial charge in [-0.15, -0.1) is 23.2 Å².